The molecule has 0 saturated carbocycles. The van der Waals surface area contributed by atoms with Crippen molar-refractivity contribution >= 4 is 17.7 Å². The zero-order valence-corrected chi connectivity index (χ0v) is 14.2. The second-order valence-corrected chi connectivity index (χ2v) is 6.40. The molecule has 1 fully saturated rings. The van der Waals surface area contributed by atoms with Gasteiger partial charge >= 0.3 is 0 Å². The molecule has 1 atom stereocenters. The molecule has 2 rings (SSSR count). The summed E-state index contributed by atoms with van der Waals surface area (Å²) in [6.45, 7) is 8.54. The van der Waals surface area contributed by atoms with Gasteiger partial charge in [0, 0.05) is 44.9 Å². The van der Waals surface area contributed by atoms with Gasteiger partial charge in [0.2, 0.25) is 5.91 Å². The molecule has 0 aromatic heterocycles. The highest BCUT2D eigenvalue weighted by Gasteiger charge is 2.30. The van der Waals surface area contributed by atoms with Gasteiger partial charge in [-0.15, -0.1) is 0 Å². The molecule has 2 aliphatic rings. The third-order valence-electron chi connectivity index (χ3n) is 4.54. The van der Waals surface area contributed by atoms with Crippen LogP contribution in [-0.2, 0) is 14.4 Å². The van der Waals surface area contributed by atoms with Gasteiger partial charge in [-0.2, -0.15) is 0 Å². The molecule has 2 aliphatic heterocycles. The van der Waals surface area contributed by atoms with Crippen LogP contribution in [0.3, 0.4) is 0 Å². The van der Waals surface area contributed by atoms with Gasteiger partial charge in [0.25, 0.3) is 11.8 Å². The average Bonchev–Trinajstić information content (AvgIpc) is 2.87. The number of amides is 3. The Bertz CT molecular complexity index is 463. The van der Waals surface area contributed by atoms with E-state index in [9.17, 15) is 14.4 Å². The third kappa shape index (κ3) is 4.64. The van der Waals surface area contributed by atoms with E-state index >= 15 is 0 Å². The highest BCUT2D eigenvalue weighted by Crippen LogP contribution is 2.13. The second-order valence-electron chi connectivity index (χ2n) is 6.40. The summed E-state index contributed by atoms with van der Waals surface area (Å²) in [5.74, 6) is -0.967. The van der Waals surface area contributed by atoms with E-state index in [0.29, 0.717) is 0 Å². The van der Waals surface area contributed by atoms with Crippen molar-refractivity contribution in [3.63, 3.8) is 0 Å². The van der Waals surface area contributed by atoms with Crippen molar-refractivity contribution < 1.29 is 14.4 Å². The van der Waals surface area contributed by atoms with E-state index in [1.54, 1.807) is 6.92 Å². The molecular weight excluding hydrogens is 294 g/mol. The fourth-order valence-corrected chi connectivity index (χ4v) is 3.05. The van der Waals surface area contributed by atoms with Crippen molar-refractivity contribution in [1.29, 1.82) is 0 Å². The Morgan fingerprint density at radius 1 is 1.09 bits per heavy atom. The van der Waals surface area contributed by atoms with Gasteiger partial charge in [-0.25, -0.2) is 0 Å². The van der Waals surface area contributed by atoms with Gasteiger partial charge in [0.1, 0.15) is 0 Å². The van der Waals surface area contributed by atoms with Crippen LogP contribution < -0.4 is 0 Å². The lowest BCUT2D eigenvalue weighted by atomic mass is 10.1. The maximum absolute atomic E-state index is 12.5. The number of carbonyl (C=O) groups excluding carboxylic acids is 3. The quantitative estimate of drug-likeness (QED) is 0.516. The summed E-state index contributed by atoms with van der Waals surface area (Å²) in [6, 6.07) is 0. The zero-order valence-electron chi connectivity index (χ0n) is 14.2. The van der Waals surface area contributed by atoms with Gasteiger partial charge in [-0.3, -0.25) is 24.2 Å². The maximum Gasteiger partial charge on any atom is 0.253 e. The minimum absolute atomic E-state index is 0.0331. The first-order valence-electron chi connectivity index (χ1n) is 8.57. The Kier molecular flexibility index (Phi) is 6.33. The summed E-state index contributed by atoms with van der Waals surface area (Å²) in [5, 5.41) is 0. The van der Waals surface area contributed by atoms with E-state index in [4.69, 9.17) is 0 Å². The summed E-state index contributed by atoms with van der Waals surface area (Å²) in [4.78, 5) is 41.1. The van der Waals surface area contributed by atoms with Crippen LogP contribution in [0.4, 0.5) is 0 Å². The topological polar surface area (TPSA) is 60.9 Å². The summed E-state index contributed by atoms with van der Waals surface area (Å²) in [6.07, 6.45) is 6.21. The van der Waals surface area contributed by atoms with Crippen LogP contribution in [0.2, 0.25) is 0 Å². The van der Waals surface area contributed by atoms with E-state index in [1.807, 2.05) is 4.90 Å². The SMILES string of the molecule is CCCCCN1CCN(C(=O)C(C)CN2C(=O)C=CC2=O)CC1. The van der Waals surface area contributed by atoms with E-state index in [1.165, 1.54) is 31.4 Å². The lowest BCUT2D eigenvalue weighted by molar-refractivity contribution is -0.141. The average molecular weight is 321 g/mol. The summed E-state index contributed by atoms with van der Waals surface area (Å²) >= 11 is 0. The second kappa shape index (κ2) is 8.24. The maximum atomic E-state index is 12.5. The summed E-state index contributed by atoms with van der Waals surface area (Å²) in [7, 11) is 0. The molecule has 1 unspecified atom stereocenters. The molecule has 0 radical (unpaired) electrons. The monoisotopic (exact) mass is 321 g/mol. The zero-order chi connectivity index (χ0) is 16.8. The number of imide groups is 1. The number of piperazine rings is 1. The minimum atomic E-state index is -0.352. The lowest BCUT2D eigenvalue weighted by Gasteiger charge is -2.36. The predicted octanol–water partition coefficient (Wildman–Crippen LogP) is 0.882. The van der Waals surface area contributed by atoms with E-state index in [0.717, 1.165) is 37.6 Å². The van der Waals surface area contributed by atoms with Crippen LogP contribution in [0.25, 0.3) is 0 Å². The highest BCUT2D eigenvalue weighted by molar-refractivity contribution is 6.13. The molecule has 0 spiro atoms. The molecule has 0 aromatic carbocycles. The van der Waals surface area contributed by atoms with Crippen molar-refractivity contribution in [2.75, 3.05) is 39.3 Å². The van der Waals surface area contributed by atoms with Crippen LogP contribution in [-0.4, -0.2) is 71.7 Å². The van der Waals surface area contributed by atoms with Crippen LogP contribution >= 0.6 is 0 Å². The normalized spacial score (nSPS) is 20.4. The van der Waals surface area contributed by atoms with Gasteiger partial charge in [0.15, 0.2) is 0 Å². The molecule has 1 saturated heterocycles. The molecule has 6 nitrogen and oxygen atoms in total. The molecule has 0 aromatic rings. The van der Waals surface area contributed by atoms with E-state index < -0.39 is 0 Å². The first-order valence-corrected chi connectivity index (χ1v) is 8.57. The molecule has 0 bridgehead atoms. The Balaban J connectivity index is 1.76. The molecule has 0 N–H and O–H groups in total. The minimum Gasteiger partial charge on any atom is -0.340 e. The third-order valence-corrected chi connectivity index (χ3v) is 4.54. The number of hydrogen-bond acceptors (Lipinski definition) is 4. The number of unbranched alkanes of at least 4 members (excludes halogenated alkanes) is 2. The fraction of sp³-hybridized carbons (Fsp3) is 0.706. The van der Waals surface area contributed by atoms with Crippen LogP contribution in [0.5, 0.6) is 0 Å². The van der Waals surface area contributed by atoms with Crippen molar-refractivity contribution in [3.8, 4) is 0 Å². The van der Waals surface area contributed by atoms with Crippen LogP contribution in [0.15, 0.2) is 12.2 Å². The Morgan fingerprint density at radius 3 is 2.26 bits per heavy atom. The van der Waals surface area contributed by atoms with Crippen LogP contribution in [0.1, 0.15) is 33.1 Å². The predicted molar refractivity (Wildman–Crippen MR) is 87.6 cm³/mol. The highest BCUT2D eigenvalue weighted by atomic mass is 16.2. The first-order chi connectivity index (χ1) is 11.0. The molecule has 23 heavy (non-hydrogen) atoms. The molecular formula is C17H27N3O3. The molecule has 2 heterocycles. The molecule has 0 aliphatic carbocycles. The molecule has 3 amide bonds. The van der Waals surface area contributed by atoms with Crippen molar-refractivity contribution in [3.05, 3.63) is 12.2 Å². The van der Waals surface area contributed by atoms with Gasteiger partial charge < -0.3 is 4.90 Å². The van der Waals surface area contributed by atoms with Crippen molar-refractivity contribution in [1.82, 2.24) is 14.7 Å². The number of carbonyl (C=O) groups is 3. The van der Waals surface area contributed by atoms with Crippen LogP contribution in [0, 0.1) is 5.92 Å². The Morgan fingerprint density at radius 2 is 1.70 bits per heavy atom. The Labute approximate surface area is 138 Å². The number of rotatable bonds is 7. The molecule has 6 heteroatoms. The van der Waals surface area contributed by atoms with Gasteiger partial charge in [-0.05, 0) is 13.0 Å². The molecule has 128 valence electrons. The first kappa shape index (κ1) is 17.7. The fourth-order valence-electron chi connectivity index (χ4n) is 3.05. The summed E-state index contributed by atoms with van der Waals surface area (Å²) < 4.78 is 0. The van der Waals surface area contributed by atoms with Crippen molar-refractivity contribution in [2.24, 2.45) is 5.92 Å². The largest absolute Gasteiger partial charge is 0.340 e. The lowest BCUT2D eigenvalue weighted by Crippen LogP contribution is -2.51. The van der Waals surface area contributed by atoms with Gasteiger partial charge in [0.05, 0.1) is 5.92 Å². The summed E-state index contributed by atoms with van der Waals surface area (Å²) in [5.41, 5.74) is 0. The smallest absolute Gasteiger partial charge is 0.253 e. The standard InChI is InChI=1S/C17H27N3O3/c1-3-4-5-8-18-9-11-19(12-10-18)17(23)14(2)13-20-15(21)6-7-16(20)22/h6-7,14H,3-5,8-13H2,1-2H3. The van der Waals surface area contributed by atoms with Crippen molar-refractivity contribution in [2.45, 2.75) is 33.1 Å². The number of nitrogens with zero attached hydrogens (tertiary/aromatic N) is 3. The Hall–Kier alpha value is -1.69. The number of hydrogen-bond donors (Lipinski definition) is 0. The van der Waals surface area contributed by atoms with Gasteiger partial charge in [-0.1, -0.05) is 26.7 Å². The van der Waals surface area contributed by atoms with E-state index in [2.05, 4.69) is 11.8 Å². The van der Waals surface area contributed by atoms with E-state index in [-0.39, 0.29) is 30.2 Å².